The largest absolute Gasteiger partial charge is 0.513 e. The maximum atomic E-state index is 13.5. The molecule has 0 atom stereocenters. The molecule has 0 saturated heterocycles. The molecule has 2 heterocycles. The third-order valence-corrected chi connectivity index (χ3v) is 11.2. The zero-order valence-electron chi connectivity index (χ0n) is 28.7. The number of hydrogen-bond donors (Lipinski definition) is 2. The number of thioether (sulfide) groups is 2. The van der Waals surface area contributed by atoms with Crippen molar-refractivity contribution in [1.29, 1.82) is 0 Å². The minimum absolute atomic E-state index is 0.0590. The van der Waals surface area contributed by atoms with Gasteiger partial charge in [-0.1, -0.05) is 48.5 Å². The molecule has 0 spiro atoms. The molecule has 2 aliphatic rings. The molecule has 0 amide bonds. The van der Waals surface area contributed by atoms with Crippen LogP contribution in [0.4, 0.5) is 35.9 Å². The summed E-state index contributed by atoms with van der Waals surface area (Å²) >= 11 is 2.69. The number of ketones is 2. The van der Waals surface area contributed by atoms with E-state index in [1.165, 1.54) is 29.6 Å². The number of benzene rings is 4. The smallest absolute Gasteiger partial charge is 0.433 e. The van der Waals surface area contributed by atoms with Gasteiger partial charge in [0.15, 0.2) is 11.6 Å². The number of Topliss-reactive ketones (excluding diaryl/α,β-unsaturated/α-hetero) is 2. The number of carbonyl (C=O) groups excluding carboxylic acids is 4. The number of carbonyl (C=O) groups is 4. The highest BCUT2D eigenvalue weighted by Crippen LogP contribution is 2.42. The van der Waals surface area contributed by atoms with Crippen LogP contribution in [0.15, 0.2) is 107 Å². The molecular weight excluding hydrogens is 795 g/mol. The highest BCUT2D eigenvalue weighted by atomic mass is 32.2. The predicted molar refractivity (Wildman–Crippen MR) is 189 cm³/mol. The fraction of sp³-hybridized carbons (Fsp3) is 0.263. The summed E-state index contributed by atoms with van der Waals surface area (Å²) in [5.74, 6) is -1.27. The van der Waals surface area contributed by atoms with Gasteiger partial charge in [0.05, 0.1) is 29.8 Å². The van der Waals surface area contributed by atoms with Crippen molar-refractivity contribution in [3.05, 3.63) is 119 Å². The first-order chi connectivity index (χ1) is 26.5. The normalized spacial score (nSPS) is 15.6. The Morgan fingerprint density at radius 2 is 0.982 bits per heavy atom. The van der Waals surface area contributed by atoms with Gasteiger partial charge < -0.3 is 29.2 Å². The number of rotatable bonds is 8. The molecular formula is C38H30F6O10S2. The molecule has 0 fully saturated rings. The van der Waals surface area contributed by atoms with Gasteiger partial charge in [-0.15, -0.1) is 23.5 Å². The number of alkyl halides is 6. The monoisotopic (exact) mass is 824 g/mol. The van der Waals surface area contributed by atoms with E-state index in [0.717, 1.165) is 41.3 Å². The molecule has 56 heavy (non-hydrogen) atoms. The van der Waals surface area contributed by atoms with Crippen LogP contribution in [0.1, 0.15) is 31.8 Å². The van der Waals surface area contributed by atoms with E-state index in [4.69, 9.17) is 18.9 Å². The number of halogens is 6. The van der Waals surface area contributed by atoms with E-state index < -0.39 is 77.1 Å². The second kappa shape index (κ2) is 17.4. The Hall–Kier alpha value is -5.04. The molecule has 0 aliphatic carbocycles. The first-order valence-electron chi connectivity index (χ1n) is 16.3. The lowest BCUT2D eigenvalue weighted by Gasteiger charge is -2.34. The first-order valence-corrected chi connectivity index (χ1v) is 18.3. The minimum atomic E-state index is -4.69. The summed E-state index contributed by atoms with van der Waals surface area (Å²) in [7, 11) is 0. The molecule has 296 valence electrons. The number of hydrogen-bond acceptors (Lipinski definition) is 12. The molecule has 2 aliphatic heterocycles. The van der Waals surface area contributed by atoms with Gasteiger partial charge in [-0.25, -0.2) is 9.59 Å². The van der Waals surface area contributed by atoms with Crippen LogP contribution < -0.4 is 9.47 Å². The van der Waals surface area contributed by atoms with Crippen molar-refractivity contribution in [2.45, 2.75) is 22.1 Å². The third-order valence-electron chi connectivity index (χ3n) is 8.50. The van der Waals surface area contributed by atoms with Crippen LogP contribution in [0.25, 0.3) is 0 Å². The van der Waals surface area contributed by atoms with Crippen LogP contribution >= 0.6 is 23.5 Å². The number of aliphatic hydroxyl groups is 2. The molecule has 2 N–H and O–H groups in total. The number of ether oxygens (including phenoxy) is 4. The predicted octanol–water partition coefficient (Wildman–Crippen LogP) is 8.38. The standard InChI is InChI=1S/C27H18F6O7S.C11H12O3S/c28-26(29,30)16-5-3-7-18(11-16)39-23(35)37-13-25(15-41-21-10-2-1-9-20(21)22(25)34)14-38-24(36)40-19-8-4-6-17(12-19)27(31,32)33;12-5-11(6-13)7-15-9-4-2-1-3-8(9)10(11)14/h1-12H,13-15H2;1-4,12-13H,5-7H2. The van der Waals surface area contributed by atoms with Crippen molar-refractivity contribution in [3.8, 4) is 11.5 Å². The van der Waals surface area contributed by atoms with Crippen LogP contribution in [-0.2, 0) is 21.8 Å². The van der Waals surface area contributed by atoms with Crippen molar-refractivity contribution >= 4 is 47.4 Å². The Morgan fingerprint density at radius 3 is 1.39 bits per heavy atom. The molecule has 6 rings (SSSR count). The van der Waals surface area contributed by atoms with Gasteiger partial charge in [-0.05, 0) is 48.5 Å². The van der Waals surface area contributed by atoms with Crippen molar-refractivity contribution in [2.75, 3.05) is 37.9 Å². The Morgan fingerprint density at radius 1 is 0.589 bits per heavy atom. The highest BCUT2D eigenvalue weighted by Gasteiger charge is 2.46. The van der Waals surface area contributed by atoms with E-state index >= 15 is 0 Å². The average Bonchev–Trinajstić information content (AvgIpc) is 3.18. The lowest BCUT2D eigenvalue weighted by atomic mass is 9.83. The molecule has 4 aromatic rings. The summed E-state index contributed by atoms with van der Waals surface area (Å²) in [6.45, 7) is -2.02. The summed E-state index contributed by atoms with van der Waals surface area (Å²) in [6.07, 6.45) is -12.2. The lowest BCUT2D eigenvalue weighted by molar-refractivity contribution is -0.138. The second-order valence-electron chi connectivity index (χ2n) is 12.4. The summed E-state index contributed by atoms with van der Waals surface area (Å²) in [6, 6.07) is 20.7. The molecule has 0 unspecified atom stereocenters. The van der Waals surface area contributed by atoms with Gasteiger partial charge in [0.2, 0.25) is 0 Å². The van der Waals surface area contributed by atoms with Gasteiger partial charge in [0.25, 0.3) is 0 Å². The summed E-state index contributed by atoms with van der Waals surface area (Å²) in [5.41, 5.74) is -3.98. The molecule has 0 bridgehead atoms. The van der Waals surface area contributed by atoms with Crippen molar-refractivity contribution in [1.82, 2.24) is 0 Å². The lowest BCUT2D eigenvalue weighted by Crippen LogP contribution is -2.46. The van der Waals surface area contributed by atoms with E-state index in [0.29, 0.717) is 28.3 Å². The molecule has 18 heteroatoms. The van der Waals surface area contributed by atoms with Crippen LogP contribution in [0, 0.1) is 10.8 Å². The number of fused-ring (bicyclic) bond motifs is 2. The minimum Gasteiger partial charge on any atom is -0.433 e. The van der Waals surface area contributed by atoms with Gasteiger partial charge in [0.1, 0.15) is 30.1 Å². The van der Waals surface area contributed by atoms with E-state index in [2.05, 4.69) is 0 Å². The van der Waals surface area contributed by atoms with E-state index in [-0.39, 0.29) is 30.3 Å². The number of aliphatic hydroxyl groups excluding tert-OH is 2. The van der Waals surface area contributed by atoms with Crippen molar-refractivity contribution in [3.63, 3.8) is 0 Å². The van der Waals surface area contributed by atoms with E-state index in [9.17, 15) is 55.7 Å². The molecule has 10 nitrogen and oxygen atoms in total. The zero-order chi connectivity index (χ0) is 40.7. The van der Waals surface area contributed by atoms with Crippen molar-refractivity contribution < 1.29 is 74.7 Å². The summed E-state index contributed by atoms with van der Waals surface area (Å²) in [4.78, 5) is 51.7. The molecule has 4 aromatic carbocycles. The van der Waals surface area contributed by atoms with Gasteiger partial charge >= 0.3 is 24.7 Å². The van der Waals surface area contributed by atoms with E-state index in [1.807, 2.05) is 12.1 Å². The Labute approximate surface area is 323 Å². The Kier molecular flexibility index (Phi) is 13.1. The molecule has 0 saturated carbocycles. The first kappa shape index (κ1) is 42.1. The van der Waals surface area contributed by atoms with Crippen LogP contribution in [0.5, 0.6) is 11.5 Å². The maximum Gasteiger partial charge on any atom is 0.513 e. The van der Waals surface area contributed by atoms with Gasteiger partial charge in [-0.3, -0.25) is 9.59 Å². The van der Waals surface area contributed by atoms with Crippen LogP contribution in [0.3, 0.4) is 0 Å². The van der Waals surface area contributed by atoms with E-state index in [1.54, 1.807) is 30.3 Å². The highest BCUT2D eigenvalue weighted by molar-refractivity contribution is 7.99. The quantitative estimate of drug-likeness (QED) is 0.100. The molecule has 0 aromatic heterocycles. The second-order valence-corrected chi connectivity index (χ2v) is 14.5. The Balaban J connectivity index is 0.000000332. The fourth-order valence-corrected chi connectivity index (χ4v) is 7.81. The van der Waals surface area contributed by atoms with Gasteiger partial charge in [-0.2, -0.15) is 26.3 Å². The summed E-state index contributed by atoms with van der Waals surface area (Å²) < 4.78 is 97.5. The van der Waals surface area contributed by atoms with Gasteiger partial charge in [0, 0.05) is 32.4 Å². The summed E-state index contributed by atoms with van der Waals surface area (Å²) in [5, 5.41) is 18.5. The van der Waals surface area contributed by atoms with Crippen LogP contribution in [0.2, 0.25) is 0 Å². The zero-order valence-corrected chi connectivity index (χ0v) is 30.4. The maximum absolute atomic E-state index is 13.5. The third kappa shape index (κ3) is 9.84. The fourth-order valence-electron chi connectivity index (χ4n) is 5.35. The molecule has 0 radical (unpaired) electrons. The topological polar surface area (TPSA) is 146 Å². The van der Waals surface area contributed by atoms with Crippen molar-refractivity contribution in [2.24, 2.45) is 10.8 Å². The average molecular weight is 825 g/mol. The SMILES string of the molecule is O=C(OCC1(COC(=O)Oc2cccc(C(F)(F)F)c2)CSc2ccccc2C1=O)Oc1cccc(C(F)(F)F)c1.O=C1c2ccccc2SCC1(CO)CO. The Bertz CT molecular complexity index is 2010. The van der Waals surface area contributed by atoms with Crippen LogP contribution in [-0.4, -0.2) is 72.0 Å².